The molecule has 2 aromatic carbocycles. The third kappa shape index (κ3) is 6.17. The third-order valence-electron chi connectivity index (χ3n) is 5.54. The number of anilines is 2. The number of carbonyl (C=O) groups is 1. The van der Waals surface area contributed by atoms with Crippen LogP contribution in [0.4, 0.5) is 24.5 Å². The first-order chi connectivity index (χ1) is 15.5. The highest BCUT2D eigenvalue weighted by Gasteiger charge is 2.31. The maximum absolute atomic E-state index is 12.9. The van der Waals surface area contributed by atoms with Gasteiger partial charge in [0, 0.05) is 30.5 Å². The van der Waals surface area contributed by atoms with Crippen molar-refractivity contribution in [2.75, 3.05) is 24.3 Å². The van der Waals surface area contributed by atoms with Crippen LogP contribution in [-0.4, -0.2) is 34.6 Å². The lowest BCUT2D eigenvalue weighted by atomic mass is 9.87. The van der Waals surface area contributed by atoms with Gasteiger partial charge in [-0.25, -0.2) is 8.42 Å². The van der Waals surface area contributed by atoms with Crippen molar-refractivity contribution < 1.29 is 35.9 Å². The predicted molar refractivity (Wildman–Crippen MR) is 117 cm³/mol. The molecule has 1 saturated carbocycles. The number of alkyl halides is 3. The van der Waals surface area contributed by atoms with Gasteiger partial charge in [0.2, 0.25) is 5.91 Å². The first-order valence-electron chi connectivity index (χ1n) is 10.3. The second-order valence-electron chi connectivity index (χ2n) is 7.75. The van der Waals surface area contributed by atoms with Gasteiger partial charge in [-0.3, -0.25) is 9.52 Å². The maximum atomic E-state index is 12.9. The molecular formula is C22H25F3N2O5S. The molecular weight excluding hydrogens is 461 g/mol. The summed E-state index contributed by atoms with van der Waals surface area (Å²) in [5, 5.41) is 2.77. The van der Waals surface area contributed by atoms with Gasteiger partial charge in [0.05, 0.1) is 18.8 Å². The van der Waals surface area contributed by atoms with E-state index in [9.17, 15) is 26.4 Å². The van der Waals surface area contributed by atoms with E-state index < -0.39 is 21.8 Å². The largest absolute Gasteiger partial charge is 0.495 e. The zero-order chi connectivity index (χ0) is 24.2. The molecule has 2 N–H and O–H groups in total. The number of sulfonamides is 1. The van der Waals surface area contributed by atoms with Crippen LogP contribution in [0.2, 0.25) is 0 Å². The number of benzene rings is 2. The Hall–Kier alpha value is -2.79. The molecule has 0 bridgehead atoms. The van der Waals surface area contributed by atoms with Crippen LogP contribution in [-0.2, 0) is 25.7 Å². The van der Waals surface area contributed by atoms with E-state index in [0.29, 0.717) is 24.6 Å². The minimum Gasteiger partial charge on any atom is -0.495 e. The summed E-state index contributed by atoms with van der Waals surface area (Å²) in [4.78, 5) is 12.3. The monoisotopic (exact) mass is 486 g/mol. The fourth-order valence-electron chi connectivity index (χ4n) is 3.74. The number of rotatable bonds is 7. The number of hydrogen-bond donors (Lipinski definition) is 2. The number of amides is 1. The molecule has 1 amide bonds. The molecule has 1 aliphatic carbocycles. The Balaban J connectivity index is 1.75. The van der Waals surface area contributed by atoms with Crippen LogP contribution in [0.15, 0.2) is 47.4 Å². The Bertz CT molecular complexity index is 1100. The molecule has 7 nitrogen and oxygen atoms in total. The molecule has 3 rings (SSSR count). The van der Waals surface area contributed by atoms with Crippen LogP contribution < -0.4 is 14.8 Å². The van der Waals surface area contributed by atoms with E-state index in [2.05, 4.69) is 10.0 Å². The quantitative estimate of drug-likeness (QED) is 0.594. The van der Waals surface area contributed by atoms with Gasteiger partial charge in [-0.15, -0.1) is 0 Å². The van der Waals surface area contributed by atoms with Crippen molar-refractivity contribution in [2.45, 2.75) is 42.9 Å². The van der Waals surface area contributed by atoms with Crippen LogP contribution in [0.25, 0.3) is 0 Å². The van der Waals surface area contributed by atoms with Crippen molar-refractivity contribution in [1.29, 1.82) is 0 Å². The number of hydrogen-bond acceptors (Lipinski definition) is 5. The molecule has 0 unspecified atom stereocenters. The second kappa shape index (κ2) is 10.0. The number of nitrogens with one attached hydrogen (secondary N) is 2. The molecule has 0 radical (unpaired) electrons. The van der Waals surface area contributed by atoms with E-state index in [1.807, 2.05) is 0 Å². The highest BCUT2D eigenvalue weighted by atomic mass is 32.2. The molecule has 0 heterocycles. The summed E-state index contributed by atoms with van der Waals surface area (Å²) in [6.07, 6.45) is -1.50. The van der Waals surface area contributed by atoms with Crippen LogP contribution in [0.3, 0.4) is 0 Å². The summed E-state index contributed by atoms with van der Waals surface area (Å²) in [5.41, 5.74) is -0.869. The zero-order valence-corrected chi connectivity index (χ0v) is 18.9. The standard InChI is InChI=1S/C22H25F3N2O5S/c1-31-18-9-6-14(7-10-18)21(28)26-16-8-11-20(19(13-16)32-2)33(29,30)27-17-5-3-4-15(12-17)22(23,24)25/h3-5,8,11-14,18,27H,6-7,9-10H2,1-2H3,(H,26,28)/t14-,18+. The zero-order valence-electron chi connectivity index (χ0n) is 18.1. The van der Waals surface area contributed by atoms with Crippen molar-refractivity contribution in [2.24, 2.45) is 5.92 Å². The fourth-order valence-corrected chi connectivity index (χ4v) is 4.94. The summed E-state index contributed by atoms with van der Waals surface area (Å²) in [5.74, 6) is -0.409. The van der Waals surface area contributed by atoms with Crippen LogP contribution >= 0.6 is 0 Å². The molecule has 11 heteroatoms. The van der Waals surface area contributed by atoms with Crippen molar-refractivity contribution in [1.82, 2.24) is 0 Å². The van der Waals surface area contributed by atoms with E-state index in [-0.39, 0.29) is 34.3 Å². The van der Waals surface area contributed by atoms with Gasteiger partial charge in [-0.2, -0.15) is 13.2 Å². The second-order valence-corrected chi connectivity index (χ2v) is 9.40. The Morgan fingerprint density at radius 2 is 1.70 bits per heavy atom. The van der Waals surface area contributed by atoms with Gasteiger partial charge in [0.15, 0.2) is 0 Å². The summed E-state index contributed by atoms with van der Waals surface area (Å²) in [6.45, 7) is 0. The minimum atomic E-state index is -4.61. The van der Waals surface area contributed by atoms with Crippen LogP contribution in [0.1, 0.15) is 31.2 Å². The first kappa shape index (κ1) is 24.8. The van der Waals surface area contributed by atoms with E-state index in [1.165, 1.54) is 31.4 Å². The first-order valence-corrected chi connectivity index (χ1v) is 11.7. The molecule has 1 aliphatic rings. The molecule has 0 aliphatic heterocycles. The predicted octanol–water partition coefficient (Wildman–Crippen LogP) is 4.66. The van der Waals surface area contributed by atoms with Gasteiger partial charge in [0.25, 0.3) is 10.0 Å². The van der Waals surface area contributed by atoms with Gasteiger partial charge >= 0.3 is 6.18 Å². The summed E-state index contributed by atoms with van der Waals surface area (Å²) < 4.78 is 77.0. The number of carbonyl (C=O) groups excluding carboxylic acids is 1. The lowest BCUT2D eigenvalue weighted by Gasteiger charge is -2.26. The Labute approximate surface area is 190 Å². The summed E-state index contributed by atoms with van der Waals surface area (Å²) in [7, 11) is -1.35. The van der Waals surface area contributed by atoms with Crippen LogP contribution in [0, 0.1) is 5.92 Å². The summed E-state index contributed by atoms with van der Waals surface area (Å²) >= 11 is 0. The minimum absolute atomic E-state index is 0.0598. The normalized spacial score (nSPS) is 19.1. The topological polar surface area (TPSA) is 93.7 Å². The molecule has 33 heavy (non-hydrogen) atoms. The highest BCUT2D eigenvalue weighted by Crippen LogP contribution is 2.33. The van der Waals surface area contributed by atoms with Crippen molar-refractivity contribution in [3.05, 3.63) is 48.0 Å². The maximum Gasteiger partial charge on any atom is 0.416 e. The average molecular weight is 487 g/mol. The van der Waals surface area contributed by atoms with Gasteiger partial charge in [0.1, 0.15) is 10.6 Å². The molecule has 180 valence electrons. The van der Waals surface area contributed by atoms with Gasteiger partial charge in [-0.05, 0) is 56.0 Å². The van der Waals surface area contributed by atoms with Gasteiger partial charge < -0.3 is 14.8 Å². The molecule has 0 aromatic heterocycles. The lowest BCUT2D eigenvalue weighted by molar-refractivity contribution is -0.137. The van der Waals surface area contributed by atoms with Crippen molar-refractivity contribution >= 4 is 27.3 Å². The number of methoxy groups -OCH3 is 2. The fraction of sp³-hybridized carbons (Fsp3) is 0.409. The molecule has 2 aromatic rings. The average Bonchev–Trinajstić information content (AvgIpc) is 2.78. The van der Waals surface area contributed by atoms with Gasteiger partial charge in [-0.1, -0.05) is 6.07 Å². The lowest BCUT2D eigenvalue weighted by Crippen LogP contribution is -2.29. The van der Waals surface area contributed by atoms with E-state index >= 15 is 0 Å². The molecule has 1 fully saturated rings. The SMILES string of the molecule is COc1cc(NC(=O)[C@H]2CC[C@@H](OC)CC2)ccc1S(=O)(=O)Nc1cccc(C(F)(F)F)c1. The smallest absolute Gasteiger partial charge is 0.416 e. The van der Waals surface area contributed by atoms with Crippen LogP contribution in [0.5, 0.6) is 5.75 Å². The number of halogens is 3. The van der Waals surface area contributed by atoms with E-state index in [4.69, 9.17) is 9.47 Å². The Morgan fingerprint density at radius 3 is 2.30 bits per heavy atom. The van der Waals surface area contributed by atoms with E-state index in [1.54, 1.807) is 7.11 Å². The van der Waals surface area contributed by atoms with E-state index in [0.717, 1.165) is 25.0 Å². The third-order valence-corrected chi connectivity index (χ3v) is 6.96. The van der Waals surface area contributed by atoms with Crippen molar-refractivity contribution in [3.63, 3.8) is 0 Å². The molecule has 0 spiro atoms. The summed E-state index contributed by atoms with van der Waals surface area (Å²) in [6, 6.07) is 7.87. The highest BCUT2D eigenvalue weighted by molar-refractivity contribution is 7.92. The molecule has 0 atom stereocenters. The Morgan fingerprint density at radius 1 is 1.00 bits per heavy atom. The molecule has 0 saturated heterocycles. The number of ether oxygens (including phenoxy) is 2. The van der Waals surface area contributed by atoms with Crippen molar-refractivity contribution in [3.8, 4) is 5.75 Å². The Kier molecular flexibility index (Phi) is 7.53.